The second-order valence-corrected chi connectivity index (χ2v) is 7.77. The van der Waals surface area contributed by atoms with Gasteiger partial charge in [-0.25, -0.2) is 9.18 Å². The monoisotopic (exact) mass is 415 g/mol. The summed E-state index contributed by atoms with van der Waals surface area (Å²) in [6.45, 7) is 4.57. The molecule has 0 amide bonds. The first kappa shape index (κ1) is 20.6. The van der Waals surface area contributed by atoms with Crippen LogP contribution < -0.4 is 16.0 Å². The third-order valence-electron chi connectivity index (χ3n) is 5.72. The predicted molar refractivity (Wildman–Crippen MR) is 112 cm³/mol. The van der Waals surface area contributed by atoms with Crippen LogP contribution in [0.25, 0.3) is 17.0 Å². The van der Waals surface area contributed by atoms with Gasteiger partial charge in [-0.2, -0.15) is 0 Å². The number of carbonyl (C=O) groups is 1. The highest BCUT2D eigenvalue weighted by Crippen LogP contribution is 2.36. The lowest BCUT2D eigenvalue weighted by atomic mass is 10.0. The van der Waals surface area contributed by atoms with Gasteiger partial charge >= 0.3 is 5.97 Å². The van der Waals surface area contributed by atoms with Gasteiger partial charge in [0, 0.05) is 30.1 Å². The van der Waals surface area contributed by atoms with Gasteiger partial charge in [0.05, 0.1) is 18.2 Å². The van der Waals surface area contributed by atoms with Crippen molar-refractivity contribution in [1.29, 1.82) is 0 Å². The standard InChI is InChI=1S/C22H26FN3O4/c1-2-29-20(28)6-3-14-11-18(23)22-21-17(14)4-5-19(27)26(21)16(13-30-22)12-25-9-7-15(24)8-10-25/h3-6,11,15-16H,2,7-10,12-13,24H2,1H3/t16-/m1/s1. The molecule has 3 heterocycles. The molecule has 0 radical (unpaired) electrons. The molecule has 160 valence electrons. The van der Waals surface area contributed by atoms with Crippen molar-refractivity contribution in [2.45, 2.75) is 31.8 Å². The van der Waals surface area contributed by atoms with Gasteiger partial charge in [-0.15, -0.1) is 0 Å². The largest absolute Gasteiger partial charge is 0.486 e. The molecule has 1 aromatic carbocycles. The molecule has 30 heavy (non-hydrogen) atoms. The molecule has 2 aliphatic heterocycles. The van der Waals surface area contributed by atoms with Gasteiger partial charge in [0.25, 0.3) is 5.56 Å². The zero-order valence-corrected chi connectivity index (χ0v) is 17.0. The Hall–Kier alpha value is -2.71. The van der Waals surface area contributed by atoms with Crippen LogP contribution in [0.4, 0.5) is 4.39 Å². The number of benzene rings is 1. The predicted octanol–water partition coefficient (Wildman–Crippen LogP) is 2.07. The summed E-state index contributed by atoms with van der Waals surface area (Å²) in [6.07, 6.45) is 4.60. The highest BCUT2D eigenvalue weighted by molar-refractivity contribution is 5.96. The van der Waals surface area contributed by atoms with Crippen molar-refractivity contribution in [1.82, 2.24) is 9.47 Å². The summed E-state index contributed by atoms with van der Waals surface area (Å²) in [5.41, 5.74) is 6.71. The summed E-state index contributed by atoms with van der Waals surface area (Å²) in [7, 11) is 0. The fourth-order valence-corrected chi connectivity index (χ4v) is 4.22. The summed E-state index contributed by atoms with van der Waals surface area (Å²) in [5, 5.41) is 0.650. The van der Waals surface area contributed by atoms with Crippen molar-refractivity contribution in [3.05, 3.63) is 46.0 Å². The number of hydrogen-bond acceptors (Lipinski definition) is 6. The molecule has 0 aliphatic carbocycles. The lowest BCUT2D eigenvalue weighted by Crippen LogP contribution is -2.45. The number of hydrogen-bond donors (Lipinski definition) is 1. The second kappa shape index (κ2) is 8.57. The molecule has 0 unspecified atom stereocenters. The van der Waals surface area contributed by atoms with E-state index in [0.29, 0.717) is 23.0 Å². The molecular weight excluding hydrogens is 389 g/mol. The summed E-state index contributed by atoms with van der Waals surface area (Å²) < 4.78 is 27.1. The molecule has 1 aromatic heterocycles. The molecule has 0 spiro atoms. The topological polar surface area (TPSA) is 86.8 Å². The molecule has 0 bridgehead atoms. The maximum atomic E-state index is 14.8. The molecule has 4 rings (SSSR count). The fraction of sp³-hybridized carbons (Fsp3) is 0.455. The highest BCUT2D eigenvalue weighted by atomic mass is 19.1. The van der Waals surface area contributed by atoms with Gasteiger partial charge in [0.15, 0.2) is 11.6 Å². The summed E-state index contributed by atoms with van der Waals surface area (Å²) in [5.74, 6) is -0.992. The van der Waals surface area contributed by atoms with Gasteiger partial charge < -0.3 is 20.1 Å². The summed E-state index contributed by atoms with van der Waals surface area (Å²) >= 11 is 0. The van der Waals surface area contributed by atoms with Crippen LogP contribution in [0, 0.1) is 5.82 Å². The van der Waals surface area contributed by atoms with Crippen molar-refractivity contribution in [3.63, 3.8) is 0 Å². The molecule has 1 fully saturated rings. The first-order valence-electron chi connectivity index (χ1n) is 10.3. The van der Waals surface area contributed by atoms with E-state index >= 15 is 0 Å². The van der Waals surface area contributed by atoms with E-state index in [4.69, 9.17) is 15.2 Å². The normalized spacial score (nSPS) is 19.9. The maximum absolute atomic E-state index is 14.8. The zero-order valence-electron chi connectivity index (χ0n) is 17.0. The molecule has 1 saturated heterocycles. The Labute approximate surface area is 173 Å². The van der Waals surface area contributed by atoms with Crippen molar-refractivity contribution >= 4 is 22.9 Å². The Kier molecular flexibility index (Phi) is 5.87. The van der Waals surface area contributed by atoms with Gasteiger partial charge in [0.1, 0.15) is 6.61 Å². The van der Waals surface area contributed by atoms with Gasteiger partial charge in [-0.1, -0.05) is 0 Å². The van der Waals surface area contributed by atoms with E-state index in [2.05, 4.69) is 4.90 Å². The first-order chi connectivity index (χ1) is 14.5. The fourth-order valence-electron chi connectivity index (χ4n) is 4.22. The van der Waals surface area contributed by atoms with Crippen LogP contribution in [-0.2, 0) is 9.53 Å². The van der Waals surface area contributed by atoms with E-state index in [1.807, 2.05) is 0 Å². The number of pyridine rings is 1. The van der Waals surface area contributed by atoms with Crippen molar-refractivity contribution in [2.24, 2.45) is 5.73 Å². The van der Waals surface area contributed by atoms with Crippen LogP contribution in [0.3, 0.4) is 0 Å². The number of esters is 1. The Bertz CT molecular complexity index is 1040. The van der Waals surface area contributed by atoms with E-state index in [-0.39, 0.29) is 36.6 Å². The minimum Gasteiger partial charge on any atom is -0.486 e. The molecule has 1 atom stereocenters. The number of halogens is 1. The summed E-state index contributed by atoms with van der Waals surface area (Å²) in [4.78, 5) is 26.7. The van der Waals surface area contributed by atoms with Gasteiger partial charge in [-0.3, -0.25) is 9.36 Å². The van der Waals surface area contributed by atoms with Crippen LogP contribution in [0.1, 0.15) is 31.4 Å². The second-order valence-electron chi connectivity index (χ2n) is 7.77. The minimum absolute atomic E-state index is 0.0768. The first-order valence-corrected chi connectivity index (χ1v) is 10.3. The zero-order chi connectivity index (χ0) is 21.3. The highest BCUT2D eigenvalue weighted by Gasteiger charge is 2.29. The molecule has 2 N–H and O–H groups in total. The number of nitrogens with zero attached hydrogens (tertiary/aromatic N) is 2. The van der Waals surface area contributed by atoms with E-state index in [9.17, 15) is 14.0 Å². The van der Waals surface area contributed by atoms with Gasteiger partial charge in [0.2, 0.25) is 0 Å². The van der Waals surface area contributed by atoms with Crippen LogP contribution >= 0.6 is 0 Å². The number of rotatable bonds is 5. The van der Waals surface area contributed by atoms with Crippen molar-refractivity contribution < 1.29 is 18.7 Å². The Balaban J connectivity index is 1.74. The maximum Gasteiger partial charge on any atom is 0.330 e. The summed E-state index contributed by atoms with van der Waals surface area (Å²) in [6, 6.07) is 4.43. The van der Waals surface area contributed by atoms with Crippen LogP contribution in [0.15, 0.2) is 29.1 Å². The molecule has 2 aliphatic rings. The lowest BCUT2D eigenvalue weighted by Gasteiger charge is -2.35. The average molecular weight is 415 g/mol. The number of likely N-dealkylation sites (tertiary alicyclic amines) is 1. The Morgan fingerprint density at radius 2 is 2.13 bits per heavy atom. The van der Waals surface area contributed by atoms with E-state index < -0.39 is 11.8 Å². The van der Waals surface area contributed by atoms with E-state index in [0.717, 1.165) is 25.9 Å². The molecule has 2 aromatic rings. The minimum atomic E-state index is -0.562. The molecule has 7 nitrogen and oxygen atoms in total. The quantitative estimate of drug-likeness (QED) is 0.594. The number of ether oxygens (including phenoxy) is 2. The number of carbonyl (C=O) groups excluding carboxylic acids is 1. The number of piperidine rings is 1. The van der Waals surface area contributed by atoms with Crippen LogP contribution in [0.2, 0.25) is 0 Å². The van der Waals surface area contributed by atoms with Crippen molar-refractivity contribution in [3.8, 4) is 5.75 Å². The van der Waals surface area contributed by atoms with Gasteiger partial charge in [-0.05, 0) is 56.6 Å². The van der Waals surface area contributed by atoms with E-state index in [1.165, 1.54) is 24.3 Å². The average Bonchev–Trinajstić information content (AvgIpc) is 2.73. The third-order valence-corrected chi connectivity index (χ3v) is 5.72. The lowest BCUT2D eigenvalue weighted by molar-refractivity contribution is -0.137. The molecule has 0 saturated carbocycles. The Morgan fingerprint density at radius 3 is 2.87 bits per heavy atom. The molecule has 8 heteroatoms. The number of aromatic nitrogens is 1. The third kappa shape index (κ3) is 3.97. The smallest absolute Gasteiger partial charge is 0.330 e. The van der Waals surface area contributed by atoms with E-state index in [1.54, 1.807) is 17.6 Å². The molecular formula is C22H26FN3O4. The SMILES string of the molecule is CCOC(=O)C=Cc1cc(F)c2c3c1ccc(=O)n3[C@H](CN1CCC(N)CC1)CO2. The van der Waals surface area contributed by atoms with Crippen LogP contribution in [-0.4, -0.2) is 54.3 Å². The van der Waals surface area contributed by atoms with Crippen LogP contribution in [0.5, 0.6) is 5.75 Å². The number of nitrogens with two attached hydrogens (primary N) is 1. The Morgan fingerprint density at radius 1 is 1.37 bits per heavy atom. The van der Waals surface area contributed by atoms with Crippen molar-refractivity contribution in [2.75, 3.05) is 32.8 Å².